The van der Waals surface area contributed by atoms with Gasteiger partial charge in [-0.3, -0.25) is 0 Å². The number of thioether (sulfide) groups is 1. The van der Waals surface area contributed by atoms with E-state index in [0.717, 1.165) is 12.2 Å². The van der Waals surface area contributed by atoms with E-state index < -0.39 is 0 Å². The Bertz CT molecular complexity index is 110. The lowest BCUT2D eigenvalue weighted by Gasteiger charge is -2.00. The van der Waals surface area contributed by atoms with E-state index in [1.807, 2.05) is 11.8 Å². The van der Waals surface area contributed by atoms with Crippen molar-refractivity contribution in [2.24, 2.45) is 0 Å². The van der Waals surface area contributed by atoms with Crippen LogP contribution in [0.15, 0.2) is 0 Å². The van der Waals surface area contributed by atoms with Gasteiger partial charge < -0.3 is 0 Å². The van der Waals surface area contributed by atoms with E-state index in [1.165, 1.54) is 36.3 Å². The summed E-state index contributed by atoms with van der Waals surface area (Å²) in [6.45, 7) is 4.41. The molecule has 0 aliphatic rings. The van der Waals surface area contributed by atoms with Crippen molar-refractivity contribution < 1.29 is 0 Å². The number of hydrogen-bond acceptors (Lipinski definition) is 2. The predicted octanol–water partition coefficient (Wildman–Crippen LogP) is 4.43. The first-order valence-corrected chi connectivity index (χ1v) is 6.36. The maximum atomic E-state index is 5.19. The average Bonchev–Trinajstić information content (AvgIpc) is 2.05. The summed E-state index contributed by atoms with van der Waals surface area (Å²) in [4.78, 5) is 0. The van der Waals surface area contributed by atoms with Gasteiger partial charge in [0.1, 0.15) is 0 Å². The fourth-order valence-corrected chi connectivity index (χ4v) is 2.21. The van der Waals surface area contributed by atoms with Crippen LogP contribution in [0.4, 0.5) is 0 Å². The van der Waals surface area contributed by atoms with Crippen LogP contribution < -0.4 is 0 Å². The van der Waals surface area contributed by atoms with E-state index in [1.54, 1.807) is 0 Å². The third-order valence-electron chi connectivity index (χ3n) is 1.79. The molecular formula is C10H20S2. The van der Waals surface area contributed by atoms with E-state index in [9.17, 15) is 0 Å². The molecule has 0 nitrogen and oxygen atoms in total. The molecule has 0 aliphatic heterocycles. The maximum absolute atomic E-state index is 5.19. The zero-order valence-corrected chi connectivity index (χ0v) is 9.90. The van der Waals surface area contributed by atoms with Gasteiger partial charge in [0.2, 0.25) is 0 Å². The number of rotatable bonds is 7. The van der Waals surface area contributed by atoms with Crippen molar-refractivity contribution in [3.63, 3.8) is 0 Å². The first-order chi connectivity index (χ1) is 5.81. The van der Waals surface area contributed by atoms with Crippen molar-refractivity contribution in [2.45, 2.75) is 52.4 Å². The minimum atomic E-state index is 1.13. The molecule has 0 amide bonds. The third-order valence-corrected chi connectivity index (χ3v) is 3.16. The van der Waals surface area contributed by atoms with Gasteiger partial charge in [-0.05, 0) is 18.6 Å². The van der Waals surface area contributed by atoms with Crippen LogP contribution in [0.3, 0.4) is 0 Å². The summed E-state index contributed by atoms with van der Waals surface area (Å²) >= 11 is 7.02. The van der Waals surface area contributed by atoms with Crippen LogP contribution in [-0.4, -0.2) is 9.95 Å². The van der Waals surface area contributed by atoms with Crippen LogP contribution in [-0.2, 0) is 0 Å². The van der Waals surface area contributed by atoms with Crippen LogP contribution in [0.25, 0.3) is 0 Å². The lowest BCUT2D eigenvalue weighted by atomic mass is 10.1. The standard InChI is InChI=1S/C10H20S2/c1-3-5-6-7-8-9-10(11)12-4-2/h3-9H2,1-2H3. The van der Waals surface area contributed by atoms with Crippen LogP contribution >= 0.6 is 24.0 Å². The zero-order chi connectivity index (χ0) is 9.23. The lowest BCUT2D eigenvalue weighted by molar-refractivity contribution is 0.645. The first-order valence-electron chi connectivity index (χ1n) is 4.96. The molecule has 0 fully saturated rings. The molecule has 0 aromatic carbocycles. The average molecular weight is 204 g/mol. The van der Waals surface area contributed by atoms with Crippen molar-refractivity contribution in [3.05, 3.63) is 0 Å². The van der Waals surface area contributed by atoms with Gasteiger partial charge in [0.05, 0.1) is 0 Å². The topological polar surface area (TPSA) is 0 Å². The second kappa shape index (κ2) is 9.53. The Hall–Kier alpha value is 0.440. The summed E-state index contributed by atoms with van der Waals surface area (Å²) in [6, 6.07) is 0. The molecule has 0 saturated carbocycles. The van der Waals surface area contributed by atoms with Crippen LogP contribution in [0.5, 0.6) is 0 Å². The van der Waals surface area contributed by atoms with Crippen molar-refractivity contribution in [1.29, 1.82) is 0 Å². The summed E-state index contributed by atoms with van der Waals surface area (Å²) in [6.07, 6.45) is 7.90. The number of thiocarbonyl (C=S) groups is 1. The molecule has 0 aromatic heterocycles. The molecule has 2 heteroatoms. The van der Waals surface area contributed by atoms with Crippen molar-refractivity contribution in [1.82, 2.24) is 0 Å². The van der Waals surface area contributed by atoms with Crippen molar-refractivity contribution >= 4 is 28.2 Å². The van der Waals surface area contributed by atoms with Gasteiger partial charge in [-0.1, -0.05) is 51.7 Å². The van der Waals surface area contributed by atoms with Crippen LogP contribution in [0, 0.1) is 0 Å². The molecule has 0 atom stereocenters. The van der Waals surface area contributed by atoms with Gasteiger partial charge in [0, 0.05) is 4.20 Å². The largest absolute Gasteiger partial charge is 0.119 e. The van der Waals surface area contributed by atoms with Crippen LogP contribution in [0.2, 0.25) is 0 Å². The molecule has 72 valence electrons. The smallest absolute Gasteiger partial charge is 0.0478 e. The highest BCUT2D eigenvalue weighted by Crippen LogP contribution is 2.12. The van der Waals surface area contributed by atoms with E-state index >= 15 is 0 Å². The molecule has 0 unspecified atom stereocenters. The Balaban J connectivity index is 3.03. The summed E-state index contributed by atoms with van der Waals surface area (Å²) < 4.78 is 1.20. The van der Waals surface area contributed by atoms with Gasteiger partial charge in [-0.25, -0.2) is 0 Å². The van der Waals surface area contributed by atoms with Gasteiger partial charge in [0.15, 0.2) is 0 Å². The van der Waals surface area contributed by atoms with Crippen molar-refractivity contribution in [2.75, 3.05) is 5.75 Å². The van der Waals surface area contributed by atoms with E-state index in [2.05, 4.69) is 13.8 Å². The molecule has 0 rings (SSSR count). The first kappa shape index (κ1) is 12.4. The zero-order valence-electron chi connectivity index (χ0n) is 8.27. The predicted molar refractivity (Wildman–Crippen MR) is 64.1 cm³/mol. The molecule has 0 N–H and O–H groups in total. The lowest BCUT2D eigenvalue weighted by Crippen LogP contribution is -1.88. The van der Waals surface area contributed by atoms with Gasteiger partial charge in [-0.15, -0.1) is 11.8 Å². The van der Waals surface area contributed by atoms with Gasteiger partial charge in [-0.2, -0.15) is 0 Å². The Kier molecular flexibility index (Phi) is 9.88. The molecule has 0 spiro atoms. The quantitative estimate of drug-likeness (QED) is 0.444. The monoisotopic (exact) mass is 204 g/mol. The van der Waals surface area contributed by atoms with E-state index in [-0.39, 0.29) is 0 Å². The molecule has 0 heterocycles. The molecule has 12 heavy (non-hydrogen) atoms. The SMILES string of the molecule is CCCCCCCC(=S)SCC. The second-order valence-electron chi connectivity index (χ2n) is 2.97. The van der Waals surface area contributed by atoms with Gasteiger partial charge >= 0.3 is 0 Å². The highest BCUT2D eigenvalue weighted by atomic mass is 32.2. The molecule has 0 aromatic rings. The fourth-order valence-electron chi connectivity index (χ4n) is 1.11. The molecule has 0 radical (unpaired) electrons. The third kappa shape index (κ3) is 8.54. The molecule has 0 saturated heterocycles. The summed E-state index contributed by atoms with van der Waals surface area (Å²) in [7, 11) is 0. The Morgan fingerprint density at radius 2 is 1.75 bits per heavy atom. The van der Waals surface area contributed by atoms with Crippen molar-refractivity contribution in [3.8, 4) is 0 Å². The van der Waals surface area contributed by atoms with Crippen LogP contribution in [0.1, 0.15) is 52.4 Å². The highest BCUT2D eigenvalue weighted by molar-refractivity contribution is 8.23. The minimum Gasteiger partial charge on any atom is -0.119 e. The Morgan fingerprint density at radius 3 is 2.33 bits per heavy atom. The van der Waals surface area contributed by atoms with E-state index in [0.29, 0.717) is 0 Å². The van der Waals surface area contributed by atoms with E-state index in [4.69, 9.17) is 12.2 Å². The van der Waals surface area contributed by atoms with Gasteiger partial charge in [0.25, 0.3) is 0 Å². The fraction of sp³-hybridized carbons (Fsp3) is 0.900. The molecule has 0 bridgehead atoms. The summed E-state index contributed by atoms with van der Waals surface area (Å²) in [5, 5.41) is 0. The maximum Gasteiger partial charge on any atom is 0.0478 e. The summed E-state index contributed by atoms with van der Waals surface area (Å²) in [5.41, 5.74) is 0. The Labute approximate surface area is 86.5 Å². The summed E-state index contributed by atoms with van der Waals surface area (Å²) in [5.74, 6) is 1.13. The minimum absolute atomic E-state index is 1.13. The molecule has 0 aliphatic carbocycles. The number of unbranched alkanes of at least 4 members (excludes halogenated alkanes) is 4. The number of hydrogen-bond donors (Lipinski definition) is 0. The Morgan fingerprint density at radius 1 is 1.08 bits per heavy atom. The normalized spacial score (nSPS) is 10.2. The highest BCUT2D eigenvalue weighted by Gasteiger charge is 1.95. The second-order valence-corrected chi connectivity index (χ2v) is 5.08. The molecular weight excluding hydrogens is 184 g/mol.